The van der Waals surface area contributed by atoms with Crippen molar-refractivity contribution < 1.29 is 19.1 Å². The van der Waals surface area contributed by atoms with Gasteiger partial charge in [0.1, 0.15) is 17.7 Å². The molecule has 0 heterocycles. The molecule has 0 radical (unpaired) electrons. The third-order valence-electron chi connectivity index (χ3n) is 5.24. The zero-order valence-electron chi connectivity index (χ0n) is 21.1. The zero-order chi connectivity index (χ0) is 25.2. The van der Waals surface area contributed by atoms with Gasteiger partial charge in [-0.05, 0) is 53.0 Å². The normalized spacial score (nSPS) is 15.0. The van der Waals surface area contributed by atoms with Crippen molar-refractivity contribution in [2.45, 2.75) is 97.5 Å². The summed E-state index contributed by atoms with van der Waals surface area (Å²) in [6.07, 6.45) is 1.71. The molecule has 2 N–H and O–H groups in total. The molecule has 4 atom stereocenters. The number of thiol groups is 1. The zero-order valence-corrected chi connectivity index (χ0v) is 21.9. The molecule has 0 aliphatic rings. The highest BCUT2D eigenvalue weighted by molar-refractivity contribution is 7.80. The smallest absolute Gasteiger partial charge is 0.408 e. The molecule has 4 unspecified atom stereocenters. The third-order valence-corrected chi connectivity index (χ3v) is 5.61. The van der Waals surface area contributed by atoms with E-state index < -0.39 is 23.8 Å². The fourth-order valence-corrected chi connectivity index (χ4v) is 3.76. The maximum atomic E-state index is 13.7. The monoisotopic (exact) mass is 479 g/mol. The first-order valence-corrected chi connectivity index (χ1v) is 12.4. The number of alkyl carbamates (subject to hydrolysis) is 1. The van der Waals surface area contributed by atoms with Crippen molar-refractivity contribution in [2.24, 2.45) is 0 Å². The summed E-state index contributed by atoms with van der Waals surface area (Å²) in [6, 6.07) is 7.19. The highest BCUT2D eigenvalue weighted by Gasteiger charge is 2.38. The molecule has 0 saturated carbocycles. The van der Waals surface area contributed by atoms with E-state index in [9.17, 15) is 14.4 Å². The van der Waals surface area contributed by atoms with Gasteiger partial charge >= 0.3 is 6.09 Å². The standard InChI is InChI=1S/C25H41N3O4S/c1-8-13-17(3)26-22(29)21(19-14-11-10-12-15-19)28(18(4)9-2)23(30)20(16-33)27-24(31)32-25(5,6)7/h10-12,14-15,17-18,20-21,33H,8-9,13,16H2,1-7H3,(H,26,29)(H,27,31). The molecule has 3 amide bonds. The molecule has 0 aromatic heterocycles. The molecular weight excluding hydrogens is 438 g/mol. The Balaban J connectivity index is 3.35. The topological polar surface area (TPSA) is 87.7 Å². The lowest BCUT2D eigenvalue weighted by atomic mass is 9.99. The molecule has 0 aliphatic carbocycles. The predicted molar refractivity (Wildman–Crippen MR) is 135 cm³/mol. The second kappa shape index (κ2) is 13.5. The molecule has 186 valence electrons. The van der Waals surface area contributed by atoms with Crippen LogP contribution < -0.4 is 10.6 Å². The van der Waals surface area contributed by atoms with E-state index in [1.54, 1.807) is 25.7 Å². The fourth-order valence-electron chi connectivity index (χ4n) is 3.51. The third kappa shape index (κ3) is 9.27. The highest BCUT2D eigenvalue weighted by atomic mass is 32.1. The van der Waals surface area contributed by atoms with E-state index in [1.165, 1.54) is 0 Å². The number of nitrogens with zero attached hydrogens (tertiary/aromatic N) is 1. The minimum Gasteiger partial charge on any atom is -0.444 e. The second-order valence-corrected chi connectivity index (χ2v) is 9.76. The Morgan fingerprint density at radius 2 is 1.67 bits per heavy atom. The van der Waals surface area contributed by atoms with Gasteiger partial charge in [0, 0.05) is 17.8 Å². The van der Waals surface area contributed by atoms with Crippen molar-refractivity contribution in [3.63, 3.8) is 0 Å². The summed E-state index contributed by atoms with van der Waals surface area (Å²) in [7, 11) is 0. The number of nitrogens with one attached hydrogen (secondary N) is 2. The SMILES string of the molecule is CCCC(C)NC(=O)C(c1ccccc1)N(C(=O)C(CS)NC(=O)OC(C)(C)C)C(C)CC. The Labute approximate surface area is 204 Å². The number of rotatable bonds is 11. The molecule has 0 bridgehead atoms. The summed E-state index contributed by atoms with van der Waals surface area (Å²) in [4.78, 5) is 41.2. The van der Waals surface area contributed by atoms with Crippen LogP contribution in [0.25, 0.3) is 0 Å². The van der Waals surface area contributed by atoms with Crippen molar-refractivity contribution in [1.82, 2.24) is 15.5 Å². The Bertz CT molecular complexity index is 767. The van der Waals surface area contributed by atoms with Crippen molar-refractivity contribution in [3.8, 4) is 0 Å². The van der Waals surface area contributed by atoms with Crippen molar-refractivity contribution >= 4 is 30.5 Å². The number of carbonyl (C=O) groups is 3. The summed E-state index contributed by atoms with van der Waals surface area (Å²) in [6.45, 7) is 13.1. The largest absolute Gasteiger partial charge is 0.444 e. The quantitative estimate of drug-likeness (QED) is 0.408. The molecule has 33 heavy (non-hydrogen) atoms. The van der Waals surface area contributed by atoms with E-state index in [0.717, 1.165) is 12.8 Å². The molecule has 7 nitrogen and oxygen atoms in total. The lowest BCUT2D eigenvalue weighted by molar-refractivity contribution is -0.144. The van der Waals surface area contributed by atoms with Crippen LogP contribution in [0, 0.1) is 0 Å². The van der Waals surface area contributed by atoms with Crippen molar-refractivity contribution in [1.29, 1.82) is 0 Å². The summed E-state index contributed by atoms with van der Waals surface area (Å²) >= 11 is 4.31. The van der Waals surface area contributed by atoms with Crippen LogP contribution in [0.2, 0.25) is 0 Å². The number of ether oxygens (including phenoxy) is 1. The van der Waals surface area contributed by atoms with Gasteiger partial charge in [0.2, 0.25) is 11.8 Å². The molecular formula is C25H41N3O4S. The molecule has 0 spiro atoms. The van der Waals surface area contributed by atoms with Gasteiger partial charge in [0.25, 0.3) is 0 Å². The minimum absolute atomic E-state index is 0.0249. The number of benzene rings is 1. The van der Waals surface area contributed by atoms with E-state index in [4.69, 9.17) is 4.74 Å². The first-order valence-electron chi connectivity index (χ1n) is 11.7. The van der Waals surface area contributed by atoms with Gasteiger partial charge in [0.05, 0.1) is 0 Å². The lowest BCUT2D eigenvalue weighted by Crippen LogP contribution is -2.56. The predicted octanol–water partition coefficient (Wildman–Crippen LogP) is 4.48. The summed E-state index contributed by atoms with van der Waals surface area (Å²) in [5, 5.41) is 5.69. The highest BCUT2D eigenvalue weighted by Crippen LogP contribution is 2.26. The average Bonchev–Trinajstić information content (AvgIpc) is 2.74. The van der Waals surface area contributed by atoms with Gasteiger partial charge in [-0.1, -0.05) is 50.6 Å². The van der Waals surface area contributed by atoms with Crippen LogP contribution in [-0.2, 0) is 14.3 Å². The first-order chi connectivity index (χ1) is 15.4. The molecule has 1 aromatic carbocycles. The Morgan fingerprint density at radius 1 is 1.06 bits per heavy atom. The van der Waals surface area contributed by atoms with Gasteiger partial charge in [-0.15, -0.1) is 0 Å². The second-order valence-electron chi connectivity index (χ2n) is 9.40. The van der Waals surface area contributed by atoms with E-state index >= 15 is 0 Å². The minimum atomic E-state index is -0.940. The van der Waals surface area contributed by atoms with E-state index in [-0.39, 0.29) is 29.7 Å². The van der Waals surface area contributed by atoms with Gasteiger partial charge in [-0.3, -0.25) is 9.59 Å². The average molecular weight is 480 g/mol. The Morgan fingerprint density at radius 3 is 2.15 bits per heavy atom. The molecule has 1 rings (SSSR count). The van der Waals surface area contributed by atoms with Crippen LogP contribution >= 0.6 is 12.6 Å². The van der Waals surface area contributed by atoms with Crippen molar-refractivity contribution in [3.05, 3.63) is 35.9 Å². The van der Waals surface area contributed by atoms with Crippen LogP contribution in [0.1, 0.15) is 79.3 Å². The summed E-state index contributed by atoms with van der Waals surface area (Å²) in [5.74, 6) is -0.552. The van der Waals surface area contributed by atoms with Crippen molar-refractivity contribution in [2.75, 3.05) is 5.75 Å². The number of amides is 3. The van der Waals surface area contributed by atoms with Crippen LogP contribution in [-0.4, -0.2) is 52.3 Å². The van der Waals surface area contributed by atoms with E-state index in [2.05, 4.69) is 30.2 Å². The first kappa shape index (κ1) is 28.8. The molecule has 0 saturated heterocycles. The van der Waals surface area contributed by atoms with E-state index in [0.29, 0.717) is 12.0 Å². The summed E-state index contributed by atoms with van der Waals surface area (Å²) < 4.78 is 5.32. The van der Waals surface area contributed by atoms with Crippen LogP contribution in [0.3, 0.4) is 0 Å². The number of hydrogen-bond donors (Lipinski definition) is 3. The molecule has 0 aliphatic heterocycles. The van der Waals surface area contributed by atoms with Gasteiger partial charge in [-0.25, -0.2) is 4.79 Å². The maximum absolute atomic E-state index is 13.7. The van der Waals surface area contributed by atoms with Gasteiger partial charge in [-0.2, -0.15) is 12.6 Å². The fraction of sp³-hybridized carbons (Fsp3) is 0.640. The Kier molecular flexibility index (Phi) is 11.8. The van der Waals surface area contributed by atoms with Crippen LogP contribution in [0.4, 0.5) is 4.79 Å². The lowest BCUT2D eigenvalue weighted by Gasteiger charge is -2.38. The molecule has 0 fully saturated rings. The van der Waals surface area contributed by atoms with Crippen LogP contribution in [0.15, 0.2) is 30.3 Å². The number of hydrogen-bond acceptors (Lipinski definition) is 5. The molecule has 8 heteroatoms. The summed E-state index contributed by atoms with van der Waals surface area (Å²) in [5.41, 5.74) is 0.00884. The van der Waals surface area contributed by atoms with E-state index in [1.807, 2.05) is 51.1 Å². The maximum Gasteiger partial charge on any atom is 0.408 e. The molecule has 1 aromatic rings. The Hall–Kier alpha value is -2.22. The van der Waals surface area contributed by atoms with Gasteiger partial charge < -0.3 is 20.3 Å². The van der Waals surface area contributed by atoms with Gasteiger partial charge in [0.15, 0.2) is 0 Å². The number of carbonyl (C=O) groups excluding carboxylic acids is 3. The van der Waals surface area contributed by atoms with Crippen LogP contribution in [0.5, 0.6) is 0 Å².